The Bertz CT molecular complexity index is 820. The SMILES string of the molecule is COc1ccc(-c2cc(C)cc(-c3ccc(OC)cc3)[se+]2)cc1.[O-][Cl+3]([O-])([O-])[O-]. The van der Waals surface area contributed by atoms with Crippen LogP contribution >= 0.6 is 0 Å². The van der Waals surface area contributed by atoms with Gasteiger partial charge in [0.1, 0.15) is 0 Å². The van der Waals surface area contributed by atoms with Crippen LogP contribution in [0, 0.1) is 17.2 Å². The summed E-state index contributed by atoms with van der Waals surface area (Å²) in [4.78, 5) is 0. The summed E-state index contributed by atoms with van der Waals surface area (Å²) in [6, 6.07) is 21.2. The first-order valence-electron chi connectivity index (χ1n) is 8.05. The minimum Gasteiger partial charge on any atom is -0.222 e. The molecule has 0 aliphatic heterocycles. The van der Waals surface area contributed by atoms with E-state index < -0.39 is 10.2 Å². The fraction of sp³-hybridized carbons (Fsp3) is 0.150. The Morgan fingerprint density at radius 3 is 1.29 bits per heavy atom. The second-order valence-electron chi connectivity index (χ2n) is 5.70. The van der Waals surface area contributed by atoms with Crippen LogP contribution in [-0.4, -0.2) is 28.7 Å². The number of halogens is 1. The van der Waals surface area contributed by atoms with Crippen LogP contribution in [0.15, 0.2) is 60.7 Å². The van der Waals surface area contributed by atoms with Crippen molar-refractivity contribution >= 4 is 14.5 Å². The average Bonchev–Trinajstić information content (AvgIpc) is 2.66. The van der Waals surface area contributed by atoms with Crippen molar-refractivity contribution in [2.75, 3.05) is 14.2 Å². The van der Waals surface area contributed by atoms with Gasteiger partial charge >= 0.3 is 143 Å². The molecular formula is C20H19ClO6Se. The molecule has 0 aliphatic rings. The number of hydrogen-bond acceptors (Lipinski definition) is 6. The van der Waals surface area contributed by atoms with Crippen molar-refractivity contribution < 1.29 is 38.4 Å². The first-order chi connectivity index (χ1) is 13.2. The molecule has 0 radical (unpaired) electrons. The largest absolute Gasteiger partial charge is 0.222 e. The molecule has 8 heteroatoms. The summed E-state index contributed by atoms with van der Waals surface area (Å²) in [6.07, 6.45) is 0. The average molecular weight is 470 g/mol. The molecule has 2 aromatic carbocycles. The molecule has 3 rings (SSSR count). The van der Waals surface area contributed by atoms with Crippen molar-refractivity contribution in [2.24, 2.45) is 0 Å². The Balaban J connectivity index is 0.000000500. The quantitative estimate of drug-likeness (QED) is 0.495. The number of benzene rings is 2. The summed E-state index contributed by atoms with van der Waals surface area (Å²) in [7, 11) is -1.55. The summed E-state index contributed by atoms with van der Waals surface area (Å²) in [5.74, 6) is 1.79. The van der Waals surface area contributed by atoms with Crippen LogP contribution in [0.3, 0.4) is 0 Å². The molecule has 0 N–H and O–H groups in total. The fourth-order valence-corrected chi connectivity index (χ4v) is 5.02. The molecular weight excluding hydrogens is 451 g/mol. The van der Waals surface area contributed by atoms with E-state index in [9.17, 15) is 0 Å². The Morgan fingerprint density at radius 1 is 0.679 bits per heavy atom. The zero-order valence-corrected chi connectivity index (χ0v) is 18.0. The maximum absolute atomic E-state index is 8.49. The van der Waals surface area contributed by atoms with Crippen LogP contribution < -0.4 is 28.1 Å². The van der Waals surface area contributed by atoms with Crippen LogP contribution in [0.1, 0.15) is 5.56 Å². The number of rotatable bonds is 4. The van der Waals surface area contributed by atoms with Crippen molar-refractivity contribution in [2.45, 2.75) is 6.92 Å². The van der Waals surface area contributed by atoms with Crippen LogP contribution in [0.5, 0.6) is 11.5 Å². The van der Waals surface area contributed by atoms with E-state index in [-0.39, 0.29) is 14.5 Å². The molecule has 0 amide bonds. The molecule has 0 saturated carbocycles. The Hall–Kier alpha value is -1.96. The molecule has 28 heavy (non-hydrogen) atoms. The number of hydrogen-bond donors (Lipinski definition) is 0. The van der Waals surface area contributed by atoms with Gasteiger partial charge in [-0.3, -0.25) is 0 Å². The summed E-state index contributed by atoms with van der Waals surface area (Å²) in [6.45, 7) is 2.16. The van der Waals surface area contributed by atoms with Gasteiger partial charge in [-0.1, -0.05) is 0 Å². The molecule has 1 heterocycles. The number of aryl methyl sites for hydroxylation is 1. The summed E-state index contributed by atoms with van der Waals surface area (Å²) >= 11 is 0.280. The first kappa shape index (κ1) is 22.3. The molecule has 0 bridgehead atoms. The summed E-state index contributed by atoms with van der Waals surface area (Å²) in [5, 5.41) is 0. The normalized spacial score (nSPS) is 10.7. The fourth-order valence-electron chi connectivity index (χ4n) is 2.43. The van der Waals surface area contributed by atoms with Gasteiger partial charge in [-0.15, -0.1) is 10.2 Å². The van der Waals surface area contributed by atoms with E-state index in [1.54, 1.807) is 14.2 Å². The maximum atomic E-state index is 8.49. The molecule has 1 aromatic heterocycles. The predicted octanol–water partition coefficient (Wildman–Crippen LogP) is -0.0717. The zero-order valence-electron chi connectivity index (χ0n) is 15.5. The van der Waals surface area contributed by atoms with Crippen molar-refractivity contribution in [3.05, 3.63) is 66.2 Å². The Kier molecular flexibility index (Phi) is 7.98. The van der Waals surface area contributed by atoms with E-state index in [0.29, 0.717) is 0 Å². The van der Waals surface area contributed by atoms with Gasteiger partial charge in [0.2, 0.25) is 0 Å². The minimum absolute atomic E-state index is 0.280. The summed E-state index contributed by atoms with van der Waals surface area (Å²) in [5.41, 5.74) is 3.82. The third-order valence-corrected chi connectivity index (χ3v) is 6.09. The van der Waals surface area contributed by atoms with Crippen molar-refractivity contribution in [3.8, 4) is 31.5 Å². The van der Waals surface area contributed by atoms with Gasteiger partial charge in [0.15, 0.2) is 0 Å². The minimum atomic E-state index is -4.94. The number of methoxy groups -OCH3 is 2. The Labute approximate surface area is 171 Å². The molecule has 6 nitrogen and oxygen atoms in total. The van der Waals surface area contributed by atoms with Gasteiger partial charge in [0, 0.05) is 0 Å². The van der Waals surface area contributed by atoms with Crippen LogP contribution in [0.2, 0.25) is 0 Å². The van der Waals surface area contributed by atoms with Gasteiger partial charge in [-0.2, -0.15) is 0 Å². The van der Waals surface area contributed by atoms with E-state index in [2.05, 4.69) is 43.3 Å². The third kappa shape index (κ3) is 7.22. The molecule has 3 aromatic rings. The maximum Gasteiger partial charge on any atom is -0.112 e. The van der Waals surface area contributed by atoms with Gasteiger partial charge in [0.05, 0.1) is 0 Å². The summed E-state index contributed by atoms with van der Waals surface area (Å²) < 4.78 is 47.3. The van der Waals surface area contributed by atoms with Gasteiger partial charge in [-0.05, 0) is 0 Å². The van der Waals surface area contributed by atoms with E-state index in [4.69, 9.17) is 28.1 Å². The van der Waals surface area contributed by atoms with Crippen molar-refractivity contribution in [1.29, 1.82) is 0 Å². The molecule has 148 valence electrons. The van der Waals surface area contributed by atoms with Gasteiger partial charge in [0.25, 0.3) is 0 Å². The molecule has 0 aliphatic carbocycles. The second-order valence-corrected chi connectivity index (χ2v) is 8.73. The van der Waals surface area contributed by atoms with E-state index >= 15 is 0 Å². The predicted molar refractivity (Wildman–Crippen MR) is 96.5 cm³/mol. The van der Waals surface area contributed by atoms with Crippen LogP contribution in [0.4, 0.5) is 0 Å². The van der Waals surface area contributed by atoms with Crippen LogP contribution in [-0.2, 0) is 0 Å². The van der Waals surface area contributed by atoms with E-state index in [0.717, 1.165) is 11.5 Å². The number of ether oxygens (including phenoxy) is 2. The van der Waals surface area contributed by atoms with E-state index in [1.165, 1.54) is 25.6 Å². The standard InChI is InChI=1S/C20H19O2Se.ClHO4/c1-14-12-19(15-4-8-17(21-2)9-5-15)23-20(13-14)16-6-10-18(22-3)11-7-16;2-1(3,4)5/h4-13H,1-3H3;(H,2,3,4,5)/q+1;/p-1. The first-order valence-corrected chi connectivity index (χ1v) is 11.0. The van der Waals surface area contributed by atoms with Gasteiger partial charge < -0.3 is 0 Å². The third-order valence-electron chi connectivity index (χ3n) is 3.69. The molecule has 0 fully saturated rings. The second kappa shape index (κ2) is 10.0. The molecule has 0 unspecified atom stereocenters. The van der Waals surface area contributed by atoms with E-state index in [1.807, 2.05) is 24.3 Å². The Morgan fingerprint density at radius 2 is 1.00 bits per heavy atom. The molecule has 0 atom stereocenters. The van der Waals surface area contributed by atoms with Crippen molar-refractivity contribution in [1.82, 2.24) is 0 Å². The smallest absolute Gasteiger partial charge is 0.112 e. The van der Waals surface area contributed by atoms with Crippen LogP contribution in [0.25, 0.3) is 20.0 Å². The molecule has 0 saturated heterocycles. The van der Waals surface area contributed by atoms with Gasteiger partial charge in [-0.25, -0.2) is 18.6 Å². The molecule has 0 spiro atoms. The monoisotopic (exact) mass is 470 g/mol. The zero-order chi connectivity index (χ0) is 20.7. The topological polar surface area (TPSA) is 111 Å². The van der Waals surface area contributed by atoms with Crippen molar-refractivity contribution in [3.63, 3.8) is 0 Å².